The molecule has 4 heterocycles. The van der Waals surface area contributed by atoms with Gasteiger partial charge < -0.3 is 32.5 Å². The smallest absolute Gasteiger partial charge is 0.352 e. The molecule has 14 nitrogen and oxygen atoms in total. The van der Waals surface area contributed by atoms with Gasteiger partial charge in [-0.05, 0) is 5.57 Å². The van der Waals surface area contributed by atoms with Crippen molar-refractivity contribution in [1.29, 1.82) is 0 Å². The molecular weight excluding hydrogens is 657 g/mol. The van der Waals surface area contributed by atoms with Crippen LogP contribution in [-0.4, -0.2) is 84.8 Å². The Balaban J connectivity index is 0.00000253. The number of hydrogen-bond donors (Lipinski definition) is 5. The van der Waals surface area contributed by atoms with Crippen molar-refractivity contribution in [2.24, 2.45) is 16.6 Å². The number of carbonyl (C=O) groups is 3. The van der Waals surface area contributed by atoms with E-state index in [0.717, 1.165) is 11.3 Å². The molecule has 2 amide bonds. The molecule has 39 heavy (non-hydrogen) atoms. The van der Waals surface area contributed by atoms with Crippen LogP contribution >= 0.6 is 83.4 Å². The highest BCUT2D eigenvalue weighted by Crippen LogP contribution is 2.41. The highest BCUT2D eigenvalue weighted by atomic mass is 35.5. The van der Waals surface area contributed by atoms with Gasteiger partial charge in [0, 0.05) is 30.0 Å². The molecule has 1 unspecified atom stereocenters. The standard InChI is InChI=1S/C18H21N9O5S4.3ClH/c19-1-2-32-26-10(8-6-34-17(21)22-8)13(28)23-11-14(29)27-12(16(30)31)7(4-33-15(11)27)5-35-18-25-24-9(3-20)36-18;;;/h6,11,15H,1-5,19-20H2,(H2,21,22)(H,23,28)(H,30,31);3*1H/b26-10-;;;/t11?,15-;;;/m1.../s1. The summed E-state index contributed by atoms with van der Waals surface area (Å²) in [6, 6.07) is -0.947. The number of nitrogen functional groups attached to an aromatic ring is 1. The topological polar surface area (TPSA) is 225 Å². The fourth-order valence-electron chi connectivity index (χ4n) is 3.30. The van der Waals surface area contributed by atoms with Crippen molar-refractivity contribution in [1.82, 2.24) is 25.4 Å². The third kappa shape index (κ3) is 7.86. The van der Waals surface area contributed by atoms with Crippen LogP contribution < -0.4 is 22.5 Å². The first kappa shape index (κ1) is 35.1. The average Bonchev–Trinajstić information content (AvgIpc) is 3.51. The summed E-state index contributed by atoms with van der Waals surface area (Å²) in [6.45, 7) is 0.531. The summed E-state index contributed by atoms with van der Waals surface area (Å²) >= 11 is 5.13. The molecule has 0 bridgehead atoms. The molecule has 0 spiro atoms. The number of oxime groups is 1. The number of carboxylic acid groups (broad SMARTS) is 1. The molecule has 0 aliphatic carbocycles. The number of carboxylic acids is 1. The van der Waals surface area contributed by atoms with Crippen molar-refractivity contribution >= 4 is 112 Å². The molecule has 1 fully saturated rings. The Kier molecular flexibility index (Phi) is 14.2. The minimum atomic E-state index is -1.22. The van der Waals surface area contributed by atoms with Crippen molar-refractivity contribution in [2.75, 3.05) is 30.4 Å². The van der Waals surface area contributed by atoms with Crippen LogP contribution in [-0.2, 0) is 25.8 Å². The number of thioether (sulfide) groups is 2. The third-order valence-electron chi connectivity index (χ3n) is 4.87. The van der Waals surface area contributed by atoms with Crippen LogP contribution in [0.3, 0.4) is 0 Å². The highest BCUT2D eigenvalue weighted by Gasteiger charge is 2.54. The van der Waals surface area contributed by atoms with Crippen LogP contribution in [0.5, 0.6) is 0 Å². The van der Waals surface area contributed by atoms with Crippen molar-refractivity contribution in [3.05, 3.63) is 27.4 Å². The predicted molar refractivity (Wildman–Crippen MR) is 158 cm³/mol. The van der Waals surface area contributed by atoms with Crippen molar-refractivity contribution in [3.8, 4) is 0 Å². The number of amides is 2. The van der Waals surface area contributed by atoms with E-state index in [1.54, 1.807) is 0 Å². The Labute approximate surface area is 257 Å². The van der Waals surface area contributed by atoms with Gasteiger partial charge in [0.15, 0.2) is 15.2 Å². The van der Waals surface area contributed by atoms with E-state index in [2.05, 4.69) is 25.7 Å². The molecule has 1 saturated heterocycles. The minimum absolute atomic E-state index is 0. The maximum Gasteiger partial charge on any atom is 0.352 e. The summed E-state index contributed by atoms with van der Waals surface area (Å²) < 4.78 is 0.659. The van der Waals surface area contributed by atoms with Gasteiger partial charge in [-0.25, -0.2) is 9.78 Å². The van der Waals surface area contributed by atoms with Gasteiger partial charge in [0.25, 0.3) is 11.8 Å². The lowest BCUT2D eigenvalue weighted by Gasteiger charge is -2.49. The minimum Gasteiger partial charge on any atom is -0.477 e. The second kappa shape index (κ2) is 15.8. The fraction of sp³-hybridized carbons (Fsp3) is 0.389. The molecule has 2 aliphatic heterocycles. The van der Waals surface area contributed by atoms with Crippen molar-refractivity contribution in [2.45, 2.75) is 22.3 Å². The molecular formula is C18H24Cl3N9O5S4. The van der Waals surface area contributed by atoms with Crippen LogP contribution in [0.1, 0.15) is 10.7 Å². The van der Waals surface area contributed by atoms with E-state index in [1.807, 2.05) is 0 Å². The zero-order chi connectivity index (χ0) is 25.8. The Morgan fingerprint density at radius 2 is 2.03 bits per heavy atom. The summed E-state index contributed by atoms with van der Waals surface area (Å²) in [6.07, 6.45) is 0. The van der Waals surface area contributed by atoms with E-state index in [-0.39, 0.29) is 79.2 Å². The molecule has 8 N–H and O–H groups in total. The quantitative estimate of drug-likeness (QED) is 0.0718. The number of anilines is 1. The lowest BCUT2D eigenvalue weighted by molar-refractivity contribution is -0.150. The van der Waals surface area contributed by atoms with Gasteiger partial charge in [0.2, 0.25) is 0 Å². The molecule has 0 radical (unpaired) electrons. The van der Waals surface area contributed by atoms with E-state index >= 15 is 0 Å². The molecule has 21 heteroatoms. The number of fused-ring (bicyclic) bond motifs is 1. The second-order valence-electron chi connectivity index (χ2n) is 7.21. The van der Waals surface area contributed by atoms with Gasteiger partial charge in [-0.15, -0.1) is 70.5 Å². The van der Waals surface area contributed by atoms with Gasteiger partial charge in [-0.1, -0.05) is 28.3 Å². The summed E-state index contributed by atoms with van der Waals surface area (Å²) in [5, 5.41) is 26.1. The molecule has 2 aliphatic rings. The summed E-state index contributed by atoms with van der Waals surface area (Å²) in [5.74, 6) is -1.78. The van der Waals surface area contributed by atoms with Gasteiger partial charge in [0.1, 0.15) is 34.4 Å². The largest absolute Gasteiger partial charge is 0.477 e. The summed E-state index contributed by atoms with van der Waals surface area (Å²) in [4.78, 5) is 48.3. The lowest BCUT2D eigenvalue weighted by Crippen LogP contribution is -2.71. The van der Waals surface area contributed by atoms with Crippen molar-refractivity contribution in [3.63, 3.8) is 0 Å². The number of thiazole rings is 1. The first-order valence-corrected chi connectivity index (χ1v) is 14.0. The Morgan fingerprint density at radius 1 is 1.28 bits per heavy atom. The fourth-order valence-corrected chi connectivity index (χ4v) is 7.10. The van der Waals surface area contributed by atoms with E-state index in [0.29, 0.717) is 26.4 Å². The molecule has 4 rings (SSSR count). The molecule has 0 aromatic carbocycles. The van der Waals surface area contributed by atoms with Gasteiger partial charge in [0.05, 0.1) is 0 Å². The first-order valence-electron chi connectivity index (χ1n) is 10.3. The lowest BCUT2D eigenvalue weighted by atomic mass is 10.0. The van der Waals surface area contributed by atoms with Crippen LogP contribution in [0.4, 0.5) is 5.13 Å². The number of nitrogens with one attached hydrogen (secondary N) is 1. The zero-order valence-corrected chi connectivity index (χ0v) is 25.4. The van der Waals surface area contributed by atoms with Crippen LogP contribution in [0.15, 0.2) is 26.1 Å². The monoisotopic (exact) mass is 679 g/mol. The van der Waals surface area contributed by atoms with Gasteiger partial charge >= 0.3 is 5.97 Å². The van der Waals surface area contributed by atoms with Gasteiger partial charge in [-0.2, -0.15) is 0 Å². The maximum atomic E-state index is 13.0. The average molecular weight is 681 g/mol. The summed E-state index contributed by atoms with van der Waals surface area (Å²) in [7, 11) is 0. The number of aromatic nitrogens is 3. The summed E-state index contributed by atoms with van der Waals surface area (Å²) in [5.41, 5.74) is 17.1. The number of hydrogen-bond acceptors (Lipinski definition) is 15. The van der Waals surface area contributed by atoms with E-state index < -0.39 is 29.2 Å². The van der Waals surface area contributed by atoms with E-state index in [9.17, 15) is 19.5 Å². The van der Waals surface area contributed by atoms with Crippen molar-refractivity contribution < 1.29 is 24.3 Å². The SMILES string of the molecule is Cl.Cl.Cl.NCCO/N=C(\C(=O)NC1C(=O)N2C(C(=O)O)=C(CSc3nnc(CN)s3)CS[C@H]12)c1csc(N)n1. The number of nitrogens with zero attached hydrogens (tertiary/aromatic N) is 5. The van der Waals surface area contributed by atoms with Gasteiger partial charge in [-0.3, -0.25) is 14.5 Å². The van der Waals surface area contributed by atoms with Crippen LogP contribution in [0, 0.1) is 0 Å². The Hall–Kier alpha value is -1.90. The molecule has 216 valence electrons. The zero-order valence-electron chi connectivity index (χ0n) is 19.7. The molecule has 2 aromatic rings. The Bertz CT molecular complexity index is 1240. The van der Waals surface area contributed by atoms with Crippen LogP contribution in [0.25, 0.3) is 0 Å². The number of β-lactam (4-membered cyclic amide) rings is 1. The number of aliphatic carboxylic acids is 1. The number of halogens is 3. The van der Waals surface area contributed by atoms with E-state index in [1.165, 1.54) is 45.1 Å². The first-order chi connectivity index (χ1) is 17.3. The Morgan fingerprint density at radius 3 is 2.62 bits per heavy atom. The number of rotatable bonds is 11. The number of carbonyl (C=O) groups excluding carboxylic acids is 2. The third-order valence-corrected chi connectivity index (χ3v) is 9.05. The maximum absolute atomic E-state index is 13.0. The highest BCUT2D eigenvalue weighted by molar-refractivity contribution is 8.01. The second-order valence-corrected chi connectivity index (χ2v) is 11.5. The number of nitrogens with two attached hydrogens (primary N) is 3. The molecule has 2 atom stereocenters. The van der Waals surface area contributed by atoms with E-state index in [4.69, 9.17) is 22.0 Å². The predicted octanol–water partition coefficient (Wildman–Crippen LogP) is 0.511. The molecule has 2 aromatic heterocycles. The molecule has 0 saturated carbocycles. The normalized spacial score (nSPS) is 18.2. The van der Waals surface area contributed by atoms with Crippen LogP contribution in [0.2, 0.25) is 0 Å².